The number of Topliss-reactive ketones (excluding diaryl/α,β-unsaturated/α-hetero) is 2. The van der Waals surface area contributed by atoms with Crippen LogP contribution in [0.2, 0.25) is 0 Å². The van der Waals surface area contributed by atoms with Gasteiger partial charge in [-0.05, 0) is 13.8 Å². The smallest absolute Gasteiger partial charge is 0.130 e. The maximum atomic E-state index is 10.5. The zero-order valence-electron chi connectivity index (χ0n) is 7.46. The normalized spacial score (nSPS) is 9.83. The van der Waals surface area contributed by atoms with Crippen molar-refractivity contribution in [3.05, 3.63) is 0 Å². The first-order valence-electron chi connectivity index (χ1n) is 3.86. The Hall–Kier alpha value is 0.0400. The van der Waals surface area contributed by atoms with Crippen molar-refractivity contribution >= 4 is 33.2 Å². The molecule has 0 aliphatic carbocycles. The third kappa shape index (κ3) is 10.0. The van der Waals surface area contributed by atoms with E-state index in [1.165, 1.54) is 0 Å². The Morgan fingerprint density at radius 2 is 1.25 bits per heavy atom. The molecule has 0 unspecified atom stereocenters. The first kappa shape index (κ1) is 12.0. The first-order valence-corrected chi connectivity index (χ1v) is 6.35. The molecule has 0 amide bonds. The highest BCUT2D eigenvalue weighted by Crippen LogP contribution is 2.22. The van der Waals surface area contributed by atoms with E-state index in [9.17, 15) is 9.59 Å². The van der Waals surface area contributed by atoms with Crippen LogP contribution in [0.15, 0.2) is 0 Å². The Kier molecular flexibility index (Phi) is 7.70. The molecular weight excluding hydrogens is 192 g/mol. The molecule has 0 radical (unpaired) electrons. The Labute approximate surface area is 81.3 Å². The minimum atomic E-state index is 0.231. The molecule has 0 rings (SSSR count). The van der Waals surface area contributed by atoms with Gasteiger partial charge < -0.3 is 0 Å². The van der Waals surface area contributed by atoms with E-state index in [4.69, 9.17) is 0 Å². The van der Waals surface area contributed by atoms with Crippen molar-refractivity contribution in [3.8, 4) is 0 Å². The number of carbonyl (C=O) groups excluding carboxylic acids is 2. The summed E-state index contributed by atoms with van der Waals surface area (Å²) in [6, 6.07) is 0. The molecule has 0 spiro atoms. The van der Waals surface area contributed by atoms with Crippen LogP contribution in [0, 0.1) is 0 Å². The van der Waals surface area contributed by atoms with E-state index in [2.05, 4.69) is 0 Å². The number of carbonyl (C=O) groups is 2. The lowest BCUT2D eigenvalue weighted by atomic mass is 10.4. The summed E-state index contributed by atoms with van der Waals surface area (Å²) in [5, 5.41) is 0. The van der Waals surface area contributed by atoms with Gasteiger partial charge in [-0.15, -0.1) is 0 Å². The second-order valence-corrected chi connectivity index (χ2v) is 5.25. The predicted molar refractivity (Wildman–Crippen MR) is 55.5 cm³/mol. The van der Waals surface area contributed by atoms with Crippen molar-refractivity contribution in [2.45, 2.75) is 26.7 Å². The minimum Gasteiger partial charge on any atom is -0.300 e. The van der Waals surface area contributed by atoms with Crippen LogP contribution in [0.1, 0.15) is 26.7 Å². The zero-order chi connectivity index (χ0) is 9.40. The molecule has 0 aromatic rings. The number of ketones is 2. The lowest BCUT2D eigenvalue weighted by Gasteiger charge is -1.97. The quantitative estimate of drug-likeness (QED) is 0.473. The maximum absolute atomic E-state index is 10.5. The van der Waals surface area contributed by atoms with E-state index in [-0.39, 0.29) is 11.6 Å². The van der Waals surface area contributed by atoms with E-state index in [1.54, 1.807) is 35.4 Å². The van der Waals surface area contributed by atoms with E-state index < -0.39 is 0 Å². The van der Waals surface area contributed by atoms with Crippen LogP contribution in [-0.2, 0) is 9.59 Å². The minimum absolute atomic E-state index is 0.231. The van der Waals surface area contributed by atoms with Gasteiger partial charge in [0, 0.05) is 24.3 Å². The van der Waals surface area contributed by atoms with Gasteiger partial charge in [0.15, 0.2) is 0 Å². The van der Waals surface area contributed by atoms with Gasteiger partial charge in [0.2, 0.25) is 0 Å². The summed E-state index contributed by atoms with van der Waals surface area (Å²) in [7, 11) is 3.33. The number of rotatable bonds is 7. The molecule has 0 saturated carbocycles. The van der Waals surface area contributed by atoms with Gasteiger partial charge in [-0.3, -0.25) is 9.59 Å². The summed E-state index contributed by atoms with van der Waals surface area (Å²) in [4.78, 5) is 21.0. The summed E-state index contributed by atoms with van der Waals surface area (Å²) in [6.45, 7) is 3.20. The van der Waals surface area contributed by atoms with E-state index >= 15 is 0 Å². The first-order chi connectivity index (χ1) is 5.63. The molecule has 0 atom stereocenters. The van der Waals surface area contributed by atoms with Crippen LogP contribution in [-0.4, -0.2) is 23.1 Å². The fraction of sp³-hybridized carbons (Fsp3) is 0.750. The average molecular weight is 206 g/mol. The van der Waals surface area contributed by atoms with Crippen molar-refractivity contribution < 1.29 is 9.59 Å². The van der Waals surface area contributed by atoms with Gasteiger partial charge in [-0.25, -0.2) is 0 Å². The molecule has 0 aromatic carbocycles. The van der Waals surface area contributed by atoms with Gasteiger partial charge in [0.1, 0.15) is 11.6 Å². The Bertz CT molecular complexity index is 139. The second-order valence-electron chi connectivity index (χ2n) is 2.55. The van der Waals surface area contributed by atoms with Gasteiger partial charge in [-0.1, -0.05) is 21.6 Å². The molecule has 2 nitrogen and oxygen atoms in total. The highest BCUT2D eigenvalue weighted by atomic mass is 33.1. The van der Waals surface area contributed by atoms with E-state index in [1.807, 2.05) is 0 Å². The van der Waals surface area contributed by atoms with Crippen LogP contribution in [0.25, 0.3) is 0 Å². The monoisotopic (exact) mass is 206 g/mol. The number of hydrogen-bond acceptors (Lipinski definition) is 4. The zero-order valence-corrected chi connectivity index (χ0v) is 9.09. The highest BCUT2D eigenvalue weighted by molar-refractivity contribution is 8.76. The molecule has 0 saturated heterocycles. The molecule has 0 aromatic heterocycles. The van der Waals surface area contributed by atoms with E-state index in [0.717, 1.165) is 11.5 Å². The summed E-state index contributed by atoms with van der Waals surface area (Å²) in [5.74, 6) is 2.18. The predicted octanol–water partition coefficient (Wildman–Crippen LogP) is 2.33. The third-order valence-electron chi connectivity index (χ3n) is 1.16. The van der Waals surface area contributed by atoms with Crippen molar-refractivity contribution in [1.29, 1.82) is 0 Å². The molecule has 70 valence electrons. The van der Waals surface area contributed by atoms with Crippen LogP contribution in [0.4, 0.5) is 0 Å². The van der Waals surface area contributed by atoms with Gasteiger partial charge >= 0.3 is 0 Å². The number of hydrogen-bond donors (Lipinski definition) is 0. The van der Waals surface area contributed by atoms with Crippen molar-refractivity contribution in [1.82, 2.24) is 0 Å². The third-order valence-corrected chi connectivity index (χ3v) is 3.57. The Morgan fingerprint density at radius 3 is 1.50 bits per heavy atom. The van der Waals surface area contributed by atoms with Crippen molar-refractivity contribution in [2.24, 2.45) is 0 Å². The highest BCUT2D eigenvalue weighted by Gasteiger charge is 1.96. The molecule has 0 bridgehead atoms. The lowest BCUT2D eigenvalue weighted by Crippen LogP contribution is -1.92. The molecule has 0 aliphatic heterocycles. The lowest BCUT2D eigenvalue weighted by molar-refractivity contribution is -0.117. The molecule has 0 N–H and O–H groups in total. The Balaban J connectivity index is 3.01. The fourth-order valence-electron chi connectivity index (χ4n) is 0.489. The summed E-state index contributed by atoms with van der Waals surface area (Å²) in [6.07, 6.45) is 1.27. The van der Waals surface area contributed by atoms with Crippen LogP contribution < -0.4 is 0 Å². The van der Waals surface area contributed by atoms with Crippen molar-refractivity contribution in [3.63, 3.8) is 0 Å². The SMILES string of the molecule is CC(=O)CCSSCCC(C)=O. The standard InChI is InChI=1S/C8H14O2S2/c1-7(9)3-5-11-12-6-4-8(2)10/h3-6H2,1-2H3. The summed E-state index contributed by atoms with van der Waals surface area (Å²) < 4.78 is 0. The van der Waals surface area contributed by atoms with E-state index in [0.29, 0.717) is 12.8 Å². The summed E-state index contributed by atoms with van der Waals surface area (Å²) >= 11 is 0. The molecular formula is C8H14O2S2. The molecule has 4 heteroatoms. The molecule has 0 heterocycles. The average Bonchev–Trinajstić information content (AvgIpc) is 1.95. The maximum Gasteiger partial charge on any atom is 0.130 e. The molecule has 0 aliphatic rings. The van der Waals surface area contributed by atoms with Crippen LogP contribution >= 0.6 is 21.6 Å². The van der Waals surface area contributed by atoms with Gasteiger partial charge in [0.25, 0.3) is 0 Å². The van der Waals surface area contributed by atoms with Gasteiger partial charge in [0.05, 0.1) is 0 Å². The molecule has 0 fully saturated rings. The second kappa shape index (κ2) is 7.68. The van der Waals surface area contributed by atoms with Gasteiger partial charge in [-0.2, -0.15) is 0 Å². The van der Waals surface area contributed by atoms with Crippen LogP contribution in [0.3, 0.4) is 0 Å². The topological polar surface area (TPSA) is 34.1 Å². The largest absolute Gasteiger partial charge is 0.300 e. The van der Waals surface area contributed by atoms with Crippen molar-refractivity contribution in [2.75, 3.05) is 11.5 Å². The summed E-state index contributed by atoms with van der Waals surface area (Å²) in [5.41, 5.74) is 0. The Morgan fingerprint density at radius 1 is 0.917 bits per heavy atom. The van der Waals surface area contributed by atoms with Crippen LogP contribution in [0.5, 0.6) is 0 Å². The molecule has 12 heavy (non-hydrogen) atoms. The fourth-order valence-corrected chi connectivity index (χ4v) is 2.67.